The summed E-state index contributed by atoms with van der Waals surface area (Å²) in [6, 6.07) is 29.3. The number of imidazole rings is 1. The number of hydrogen-bond donors (Lipinski definition) is 0. The summed E-state index contributed by atoms with van der Waals surface area (Å²) in [4.78, 5) is 5.16. The number of nitrogens with zero attached hydrogens (tertiary/aromatic N) is 4. The lowest BCUT2D eigenvalue weighted by Crippen LogP contribution is -2.09. The van der Waals surface area contributed by atoms with Gasteiger partial charge >= 0.3 is 0 Å². The van der Waals surface area contributed by atoms with E-state index in [9.17, 15) is 0 Å². The predicted octanol–water partition coefficient (Wildman–Crippen LogP) is 8.78. The fourth-order valence-corrected chi connectivity index (χ4v) is 5.67. The van der Waals surface area contributed by atoms with Crippen LogP contribution in [0, 0.1) is 0 Å². The first-order chi connectivity index (χ1) is 18.5. The van der Waals surface area contributed by atoms with Crippen LogP contribution in [0.2, 0.25) is 0 Å². The molecule has 0 saturated carbocycles. The molecule has 3 aromatic heterocycles. The molecule has 0 radical (unpaired) electrons. The minimum atomic E-state index is 0.317. The minimum Gasteiger partial charge on any atom is -0.455 e. The summed E-state index contributed by atoms with van der Waals surface area (Å²) in [5, 5.41) is 12.3. The first-order valence-corrected chi connectivity index (χ1v) is 13.2. The van der Waals surface area contributed by atoms with E-state index in [0.717, 1.165) is 49.7 Å². The molecular weight excluding hydrogens is 468 g/mol. The molecular formula is C33H28N4O. The van der Waals surface area contributed by atoms with Gasteiger partial charge in [-0.25, -0.2) is 4.98 Å². The van der Waals surface area contributed by atoms with Crippen LogP contribution in [0.25, 0.3) is 61.1 Å². The van der Waals surface area contributed by atoms with Crippen LogP contribution in [-0.4, -0.2) is 19.7 Å². The van der Waals surface area contributed by atoms with E-state index in [-0.39, 0.29) is 0 Å². The zero-order valence-corrected chi connectivity index (χ0v) is 21.9. The highest BCUT2D eigenvalue weighted by Gasteiger charge is 2.26. The molecule has 0 amide bonds. The summed E-state index contributed by atoms with van der Waals surface area (Å²) in [7, 11) is 0. The van der Waals surface area contributed by atoms with Crippen molar-refractivity contribution >= 4 is 44.0 Å². The van der Waals surface area contributed by atoms with Gasteiger partial charge in [0, 0.05) is 16.2 Å². The second-order valence-electron chi connectivity index (χ2n) is 10.5. The quantitative estimate of drug-likeness (QED) is 0.244. The number of hydrogen-bond acceptors (Lipinski definition) is 4. The molecule has 0 aliphatic rings. The number of fused-ring (bicyclic) bond motifs is 6. The standard InChI is InChI=1S/C33H28N4O/c1-19(2)21-13-9-14-22(20(3)4)29(21)37-30-25-12-5-7-17-27(25)35-36-32(30)34-33(37)26-16-10-15-24-23-11-6-8-18-28(23)38-31(24)26/h5-20H,1-4H3. The van der Waals surface area contributed by atoms with Crippen molar-refractivity contribution in [3.8, 4) is 17.1 Å². The first kappa shape index (κ1) is 22.7. The summed E-state index contributed by atoms with van der Waals surface area (Å²) in [5.41, 5.74) is 8.79. The summed E-state index contributed by atoms with van der Waals surface area (Å²) in [6.45, 7) is 9.00. The number of rotatable bonds is 4. The Morgan fingerprint density at radius 1 is 0.658 bits per heavy atom. The van der Waals surface area contributed by atoms with Gasteiger partial charge in [0.1, 0.15) is 16.7 Å². The third-order valence-electron chi connectivity index (χ3n) is 7.48. The zero-order valence-electron chi connectivity index (χ0n) is 21.9. The molecule has 0 saturated heterocycles. The molecule has 5 heteroatoms. The van der Waals surface area contributed by atoms with Crippen LogP contribution in [0.4, 0.5) is 0 Å². The van der Waals surface area contributed by atoms with Gasteiger partial charge in [-0.3, -0.25) is 4.57 Å². The van der Waals surface area contributed by atoms with E-state index in [1.807, 2.05) is 24.3 Å². The molecule has 38 heavy (non-hydrogen) atoms. The van der Waals surface area contributed by atoms with Crippen molar-refractivity contribution in [2.24, 2.45) is 0 Å². The largest absolute Gasteiger partial charge is 0.455 e. The van der Waals surface area contributed by atoms with E-state index in [0.29, 0.717) is 17.5 Å². The van der Waals surface area contributed by atoms with E-state index < -0.39 is 0 Å². The Morgan fingerprint density at radius 2 is 1.32 bits per heavy atom. The Bertz CT molecular complexity index is 1970. The lowest BCUT2D eigenvalue weighted by molar-refractivity contribution is 0.669. The number of furan rings is 1. The van der Waals surface area contributed by atoms with E-state index in [4.69, 9.17) is 9.40 Å². The molecule has 3 heterocycles. The number of para-hydroxylation sites is 3. The van der Waals surface area contributed by atoms with Crippen molar-refractivity contribution in [3.05, 3.63) is 96.1 Å². The Labute approximate surface area is 220 Å². The molecule has 0 spiro atoms. The normalized spacial score (nSPS) is 12.2. The molecule has 4 aromatic carbocycles. The maximum Gasteiger partial charge on any atom is 0.201 e. The van der Waals surface area contributed by atoms with Crippen LogP contribution >= 0.6 is 0 Å². The first-order valence-electron chi connectivity index (χ1n) is 13.2. The SMILES string of the molecule is CC(C)c1cccc(C(C)C)c1-n1c(-c2cccc3c2oc2ccccc23)nc2nnc3ccccc3c21. The fraction of sp³-hybridized carbons (Fsp3) is 0.182. The van der Waals surface area contributed by atoms with Gasteiger partial charge < -0.3 is 4.42 Å². The number of benzene rings is 4. The van der Waals surface area contributed by atoms with Crippen LogP contribution in [0.1, 0.15) is 50.7 Å². The van der Waals surface area contributed by atoms with Crippen LogP contribution in [0.5, 0.6) is 0 Å². The highest BCUT2D eigenvalue weighted by atomic mass is 16.3. The molecule has 7 aromatic rings. The molecule has 0 unspecified atom stereocenters. The van der Waals surface area contributed by atoms with Gasteiger partial charge in [0.2, 0.25) is 5.65 Å². The third kappa shape index (κ3) is 3.28. The van der Waals surface area contributed by atoms with Crippen molar-refractivity contribution in [1.82, 2.24) is 19.7 Å². The smallest absolute Gasteiger partial charge is 0.201 e. The van der Waals surface area contributed by atoms with Gasteiger partial charge in [-0.15, -0.1) is 10.2 Å². The lowest BCUT2D eigenvalue weighted by atomic mass is 9.92. The van der Waals surface area contributed by atoms with Crippen LogP contribution in [0.3, 0.4) is 0 Å². The van der Waals surface area contributed by atoms with Gasteiger partial charge in [0.05, 0.1) is 16.8 Å². The van der Waals surface area contributed by atoms with Crippen molar-refractivity contribution < 1.29 is 4.42 Å². The summed E-state index contributed by atoms with van der Waals surface area (Å²) >= 11 is 0. The molecule has 0 aliphatic heterocycles. The Balaban J connectivity index is 1.70. The zero-order chi connectivity index (χ0) is 26.0. The maximum atomic E-state index is 6.48. The van der Waals surface area contributed by atoms with Gasteiger partial charge in [-0.05, 0) is 41.2 Å². The van der Waals surface area contributed by atoms with Gasteiger partial charge in [-0.1, -0.05) is 94.4 Å². The second-order valence-corrected chi connectivity index (χ2v) is 10.5. The van der Waals surface area contributed by atoms with Crippen LogP contribution < -0.4 is 0 Å². The monoisotopic (exact) mass is 496 g/mol. The Kier molecular flexibility index (Phi) is 5.08. The molecule has 0 fully saturated rings. The summed E-state index contributed by atoms with van der Waals surface area (Å²) in [6.07, 6.45) is 0. The van der Waals surface area contributed by atoms with Gasteiger partial charge in [-0.2, -0.15) is 0 Å². The van der Waals surface area contributed by atoms with E-state index in [1.54, 1.807) is 0 Å². The fourth-order valence-electron chi connectivity index (χ4n) is 5.67. The molecule has 0 atom stereocenters. The summed E-state index contributed by atoms with van der Waals surface area (Å²) < 4.78 is 8.80. The topological polar surface area (TPSA) is 56.7 Å². The number of aromatic nitrogens is 4. The molecule has 0 bridgehead atoms. The van der Waals surface area contributed by atoms with Crippen molar-refractivity contribution in [2.45, 2.75) is 39.5 Å². The van der Waals surface area contributed by atoms with Crippen molar-refractivity contribution in [1.29, 1.82) is 0 Å². The van der Waals surface area contributed by atoms with Crippen LogP contribution in [-0.2, 0) is 0 Å². The lowest BCUT2D eigenvalue weighted by Gasteiger charge is -2.22. The van der Waals surface area contributed by atoms with Crippen LogP contribution in [0.15, 0.2) is 89.3 Å². The van der Waals surface area contributed by atoms with Crippen molar-refractivity contribution in [3.63, 3.8) is 0 Å². The molecule has 186 valence electrons. The van der Waals surface area contributed by atoms with E-state index in [2.05, 4.69) is 103 Å². The third-order valence-corrected chi connectivity index (χ3v) is 7.48. The van der Waals surface area contributed by atoms with E-state index in [1.165, 1.54) is 16.8 Å². The molecule has 0 N–H and O–H groups in total. The van der Waals surface area contributed by atoms with Crippen molar-refractivity contribution in [2.75, 3.05) is 0 Å². The average molecular weight is 497 g/mol. The van der Waals surface area contributed by atoms with E-state index >= 15 is 0 Å². The highest BCUT2D eigenvalue weighted by molar-refractivity contribution is 6.10. The Morgan fingerprint density at radius 3 is 2.08 bits per heavy atom. The Hall–Kier alpha value is -4.51. The average Bonchev–Trinajstić information content (AvgIpc) is 3.51. The summed E-state index contributed by atoms with van der Waals surface area (Å²) in [5.74, 6) is 1.44. The highest BCUT2D eigenvalue weighted by Crippen LogP contribution is 2.41. The van der Waals surface area contributed by atoms with Gasteiger partial charge in [0.15, 0.2) is 5.82 Å². The molecule has 0 aliphatic carbocycles. The predicted molar refractivity (Wildman–Crippen MR) is 155 cm³/mol. The molecule has 7 rings (SSSR count). The second kappa shape index (κ2) is 8.52. The van der Waals surface area contributed by atoms with Gasteiger partial charge in [0.25, 0.3) is 0 Å². The minimum absolute atomic E-state index is 0.317. The molecule has 5 nitrogen and oxygen atoms in total. The maximum absolute atomic E-state index is 6.48.